The van der Waals surface area contributed by atoms with Crippen LogP contribution in [0.3, 0.4) is 0 Å². The molecule has 130 valence electrons. The first-order valence-corrected chi connectivity index (χ1v) is 8.62. The van der Waals surface area contributed by atoms with Gasteiger partial charge in [0.2, 0.25) is 5.91 Å². The van der Waals surface area contributed by atoms with Crippen molar-refractivity contribution in [1.29, 1.82) is 5.26 Å². The van der Waals surface area contributed by atoms with Gasteiger partial charge in [0.1, 0.15) is 11.4 Å². The Bertz CT molecular complexity index is 643. The Kier molecular flexibility index (Phi) is 5.22. The third-order valence-corrected chi connectivity index (χ3v) is 4.77. The summed E-state index contributed by atoms with van der Waals surface area (Å²) in [5.41, 5.74) is 1.89. The van der Waals surface area contributed by atoms with E-state index >= 15 is 0 Å². The first-order chi connectivity index (χ1) is 11.1. The number of benzene rings is 1. The Labute approximate surface area is 145 Å². The smallest absolute Gasteiger partial charge is 0.220 e. The molecular weight excluding hydrogens is 300 g/mol. The molecule has 1 N–H and O–H groups in total. The van der Waals surface area contributed by atoms with E-state index in [-0.39, 0.29) is 16.9 Å². The molecule has 4 heteroatoms. The minimum Gasteiger partial charge on any atom is -0.487 e. The summed E-state index contributed by atoms with van der Waals surface area (Å²) in [5, 5.41) is 11.7. The van der Waals surface area contributed by atoms with Gasteiger partial charge in [-0.05, 0) is 55.9 Å². The number of nitriles is 1. The largest absolute Gasteiger partial charge is 0.487 e. The zero-order chi connectivity index (χ0) is 18.0. The molecule has 1 atom stereocenters. The number of carbonyl (C=O) groups excluding carboxylic acids is 1. The number of rotatable bonds is 0. The summed E-state index contributed by atoms with van der Waals surface area (Å²) >= 11 is 0. The van der Waals surface area contributed by atoms with Gasteiger partial charge in [-0.2, -0.15) is 5.26 Å². The molecule has 1 fully saturated rings. The highest BCUT2D eigenvalue weighted by atomic mass is 16.5. The Morgan fingerprint density at radius 3 is 2.50 bits per heavy atom. The lowest BCUT2D eigenvalue weighted by molar-refractivity contribution is -0.119. The van der Waals surface area contributed by atoms with Crippen LogP contribution in [0.1, 0.15) is 58.6 Å². The fourth-order valence-electron chi connectivity index (χ4n) is 3.64. The van der Waals surface area contributed by atoms with Crippen LogP contribution in [0.25, 0.3) is 0 Å². The van der Waals surface area contributed by atoms with Crippen molar-refractivity contribution in [2.45, 2.75) is 59.5 Å². The van der Waals surface area contributed by atoms with Gasteiger partial charge in [-0.15, -0.1) is 0 Å². The van der Waals surface area contributed by atoms with E-state index in [1.54, 1.807) is 0 Å². The number of hydrogen-bond acceptors (Lipinski definition) is 3. The minimum atomic E-state index is -0.167. The normalized spacial score (nSPS) is 21.5. The Morgan fingerprint density at radius 2 is 2.04 bits per heavy atom. The maximum Gasteiger partial charge on any atom is 0.220 e. The highest BCUT2D eigenvalue weighted by molar-refractivity contribution is 5.77. The van der Waals surface area contributed by atoms with E-state index in [4.69, 9.17) is 10.00 Å². The van der Waals surface area contributed by atoms with Gasteiger partial charge in [-0.25, -0.2) is 0 Å². The first kappa shape index (κ1) is 18.3. The fourth-order valence-corrected chi connectivity index (χ4v) is 3.64. The quantitative estimate of drug-likeness (QED) is 0.787. The standard InChI is InChI=1S/C16H21NO.C4H7NO/c1-15(2,3)14-9-12-8-11(10-17)6-7-13(12)18-16(14,4)5;6-4-2-1-3-5-4/h6-8,14H,9H2,1-5H3;1-3H2,(H,5,6). The van der Waals surface area contributed by atoms with Crippen LogP contribution >= 0.6 is 0 Å². The molecule has 4 nitrogen and oxygen atoms in total. The molecule has 0 aromatic heterocycles. The van der Waals surface area contributed by atoms with Crippen LogP contribution in [0.5, 0.6) is 5.75 Å². The fraction of sp³-hybridized carbons (Fsp3) is 0.600. The van der Waals surface area contributed by atoms with Crippen molar-refractivity contribution in [1.82, 2.24) is 5.32 Å². The van der Waals surface area contributed by atoms with Crippen LogP contribution < -0.4 is 10.1 Å². The van der Waals surface area contributed by atoms with Gasteiger partial charge in [-0.1, -0.05) is 20.8 Å². The molecule has 0 bridgehead atoms. The lowest BCUT2D eigenvalue weighted by Crippen LogP contribution is -2.48. The molecule has 0 radical (unpaired) electrons. The van der Waals surface area contributed by atoms with E-state index in [1.807, 2.05) is 18.2 Å². The van der Waals surface area contributed by atoms with E-state index in [1.165, 1.54) is 0 Å². The number of fused-ring (bicyclic) bond motifs is 1. The molecule has 2 aliphatic heterocycles. The SMILES string of the molecule is CC(C)(C)C1Cc2cc(C#N)ccc2OC1(C)C.O=C1CCCN1. The molecule has 1 amide bonds. The molecule has 1 aromatic carbocycles. The van der Waals surface area contributed by atoms with Crippen molar-refractivity contribution in [3.63, 3.8) is 0 Å². The second kappa shape index (κ2) is 6.84. The summed E-state index contributed by atoms with van der Waals surface area (Å²) in [4.78, 5) is 10.1. The summed E-state index contributed by atoms with van der Waals surface area (Å²) in [6, 6.07) is 7.91. The number of amides is 1. The zero-order valence-electron chi connectivity index (χ0n) is 15.4. The molecule has 2 heterocycles. The van der Waals surface area contributed by atoms with E-state index in [0.29, 0.717) is 11.5 Å². The molecule has 2 aliphatic rings. The summed E-state index contributed by atoms with van der Waals surface area (Å²) < 4.78 is 6.15. The van der Waals surface area contributed by atoms with Gasteiger partial charge in [0, 0.05) is 18.9 Å². The molecule has 0 aliphatic carbocycles. The van der Waals surface area contributed by atoms with Crippen LogP contribution in [0.4, 0.5) is 0 Å². The van der Waals surface area contributed by atoms with Crippen molar-refractivity contribution in [3.05, 3.63) is 29.3 Å². The summed E-state index contributed by atoms with van der Waals surface area (Å²) in [5.74, 6) is 1.57. The maximum atomic E-state index is 10.1. The minimum absolute atomic E-state index is 0.167. The molecule has 24 heavy (non-hydrogen) atoms. The van der Waals surface area contributed by atoms with Gasteiger partial charge in [0.25, 0.3) is 0 Å². The van der Waals surface area contributed by atoms with Gasteiger partial charge < -0.3 is 10.1 Å². The van der Waals surface area contributed by atoms with Crippen molar-refractivity contribution in [3.8, 4) is 11.8 Å². The zero-order valence-corrected chi connectivity index (χ0v) is 15.4. The topological polar surface area (TPSA) is 62.1 Å². The number of carbonyl (C=O) groups is 1. The highest BCUT2D eigenvalue weighted by Gasteiger charge is 2.43. The van der Waals surface area contributed by atoms with Crippen LogP contribution in [-0.2, 0) is 11.2 Å². The van der Waals surface area contributed by atoms with E-state index in [9.17, 15) is 4.79 Å². The third kappa shape index (κ3) is 4.29. The van der Waals surface area contributed by atoms with Crippen molar-refractivity contribution < 1.29 is 9.53 Å². The van der Waals surface area contributed by atoms with Crippen molar-refractivity contribution >= 4 is 5.91 Å². The summed E-state index contributed by atoms with van der Waals surface area (Å²) in [6.45, 7) is 12.0. The average Bonchev–Trinajstić information content (AvgIpc) is 2.96. The summed E-state index contributed by atoms with van der Waals surface area (Å²) in [6.07, 6.45) is 2.74. The number of hydrogen-bond donors (Lipinski definition) is 1. The highest BCUT2D eigenvalue weighted by Crippen LogP contribution is 2.45. The summed E-state index contributed by atoms with van der Waals surface area (Å²) in [7, 11) is 0. The average molecular weight is 328 g/mol. The third-order valence-electron chi connectivity index (χ3n) is 4.77. The Balaban J connectivity index is 0.000000292. The molecule has 1 aromatic rings. The van der Waals surface area contributed by atoms with Crippen molar-refractivity contribution in [2.24, 2.45) is 11.3 Å². The second-order valence-corrected chi connectivity index (χ2v) is 8.22. The molecule has 3 rings (SSSR count). The molecule has 1 unspecified atom stereocenters. The van der Waals surface area contributed by atoms with E-state index in [2.05, 4.69) is 46.0 Å². The van der Waals surface area contributed by atoms with Gasteiger partial charge in [0.05, 0.1) is 11.6 Å². The molecule has 1 saturated heterocycles. The first-order valence-electron chi connectivity index (χ1n) is 8.62. The van der Waals surface area contributed by atoms with Gasteiger partial charge in [-0.3, -0.25) is 4.79 Å². The Morgan fingerprint density at radius 1 is 1.33 bits per heavy atom. The molecule has 0 spiro atoms. The molecule has 0 saturated carbocycles. The van der Waals surface area contributed by atoms with Crippen LogP contribution in [0.2, 0.25) is 0 Å². The van der Waals surface area contributed by atoms with Gasteiger partial charge >= 0.3 is 0 Å². The monoisotopic (exact) mass is 328 g/mol. The number of nitrogens with one attached hydrogen (secondary N) is 1. The van der Waals surface area contributed by atoms with Crippen LogP contribution in [0.15, 0.2) is 18.2 Å². The van der Waals surface area contributed by atoms with Crippen LogP contribution in [-0.4, -0.2) is 18.1 Å². The molecular formula is C20H28N2O2. The predicted molar refractivity (Wildman–Crippen MR) is 94.8 cm³/mol. The van der Waals surface area contributed by atoms with E-state index < -0.39 is 0 Å². The van der Waals surface area contributed by atoms with Crippen LogP contribution in [0, 0.1) is 22.7 Å². The lowest BCUT2D eigenvalue weighted by Gasteiger charge is -2.46. The maximum absolute atomic E-state index is 10.1. The van der Waals surface area contributed by atoms with Crippen molar-refractivity contribution in [2.75, 3.05) is 6.54 Å². The number of nitrogens with zero attached hydrogens (tertiary/aromatic N) is 1. The number of ether oxygens (including phenoxy) is 1. The lowest BCUT2D eigenvalue weighted by atomic mass is 9.67. The Hall–Kier alpha value is -2.02. The van der Waals surface area contributed by atoms with E-state index in [0.717, 1.165) is 37.1 Å². The predicted octanol–water partition coefficient (Wildman–Crippen LogP) is 3.83. The second-order valence-electron chi connectivity index (χ2n) is 8.22. The van der Waals surface area contributed by atoms with Gasteiger partial charge in [0.15, 0.2) is 0 Å².